The van der Waals surface area contributed by atoms with Crippen LogP contribution in [0.5, 0.6) is 11.5 Å². The number of halogens is 3. The molecular formula is C25H18Cl3NO4. The van der Waals surface area contributed by atoms with Gasteiger partial charge in [0.1, 0.15) is 6.61 Å². The number of cyclic esters (lactones) is 1. The van der Waals surface area contributed by atoms with Gasteiger partial charge in [0.05, 0.1) is 22.7 Å². The highest BCUT2D eigenvalue weighted by Gasteiger charge is 2.26. The Kier molecular flexibility index (Phi) is 6.94. The molecule has 3 aromatic rings. The molecule has 0 saturated heterocycles. The number of hydrogen-bond donors (Lipinski definition) is 0. The van der Waals surface area contributed by atoms with E-state index in [0.29, 0.717) is 44.3 Å². The largest absolute Gasteiger partial charge is 0.493 e. The second kappa shape index (κ2) is 9.87. The summed E-state index contributed by atoms with van der Waals surface area (Å²) in [5, 5.41) is 1.13. The Hall–Kier alpha value is -2.99. The van der Waals surface area contributed by atoms with Crippen molar-refractivity contribution in [2.45, 2.75) is 13.5 Å². The molecule has 0 amide bonds. The Morgan fingerprint density at radius 1 is 1.00 bits per heavy atom. The van der Waals surface area contributed by atoms with Crippen LogP contribution >= 0.6 is 34.8 Å². The maximum Gasteiger partial charge on any atom is 0.363 e. The molecule has 3 aromatic carbocycles. The summed E-state index contributed by atoms with van der Waals surface area (Å²) < 4.78 is 16.7. The van der Waals surface area contributed by atoms with Crippen LogP contribution in [0, 0.1) is 6.92 Å². The maximum atomic E-state index is 12.4. The van der Waals surface area contributed by atoms with E-state index in [1.165, 1.54) is 12.7 Å². The predicted octanol–water partition coefficient (Wildman–Crippen LogP) is 6.89. The van der Waals surface area contributed by atoms with E-state index in [9.17, 15) is 4.79 Å². The average Bonchev–Trinajstić information content (AvgIpc) is 3.13. The second-order valence-corrected chi connectivity index (χ2v) is 8.52. The summed E-state index contributed by atoms with van der Waals surface area (Å²) in [6.07, 6.45) is 1.55. The van der Waals surface area contributed by atoms with Crippen molar-refractivity contribution in [3.8, 4) is 11.5 Å². The smallest absolute Gasteiger partial charge is 0.363 e. The molecule has 168 valence electrons. The van der Waals surface area contributed by atoms with E-state index in [2.05, 4.69) is 4.99 Å². The summed E-state index contributed by atoms with van der Waals surface area (Å²) >= 11 is 18.6. The number of methoxy groups -OCH3 is 1. The van der Waals surface area contributed by atoms with Gasteiger partial charge in [0.25, 0.3) is 0 Å². The van der Waals surface area contributed by atoms with Gasteiger partial charge in [-0.25, -0.2) is 9.79 Å². The van der Waals surface area contributed by atoms with Gasteiger partial charge in [-0.05, 0) is 54.5 Å². The third-order valence-electron chi connectivity index (χ3n) is 4.84. The van der Waals surface area contributed by atoms with E-state index in [0.717, 1.165) is 5.56 Å². The first-order valence-electron chi connectivity index (χ1n) is 9.88. The Bertz CT molecular complexity index is 1280. The SMILES string of the molecule is COc1cc(/C=C2\N=C(c3ccc(Cl)cc3Cl)OC2=O)cc(Cl)c1OCc1ccc(C)cc1. The molecule has 0 saturated carbocycles. The molecule has 0 N–H and O–H groups in total. The van der Waals surface area contributed by atoms with Gasteiger partial charge < -0.3 is 14.2 Å². The van der Waals surface area contributed by atoms with Crippen molar-refractivity contribution in [2.24, 2.45) is 4.99 Å². The summed E-state index contributed by atoms with van der Waals surface area (Å²) in [6.45, 7) is 2.35. The van der Waals surface area contributed by atoms with E-state index < -0.39 is 5.97 Å². The predicted molar refractivity (Wildman–Crippen MR) is 131 cm³/mol. The lowest BCUT2D eigenvalue weighted by Gasteiger charge is -2.13. The molecule has 4 rings (SSSR count). The number of aryl methyl sites for hydroxylation is 1. The van der Waals surface area contributed by atoms with E-state index in [-0.39, 0.29) is 11.6 Å². The third kappa shape index (κ3) is 5.33. The van der Waals surface area contributed by atoms with Crippen LogP contribution in [0.25, 0.3) is 6.08 Å². The van der Waals surface area contributed by atoms with Gasteiger partial charge in [0.2, 0.25) is 5.90 Å². The number of ether oxygens (including phenoxy) is 3. The zero-order chi connectivity index (χ0) is 23.5. The van der Waals surface area contributed by atoms with Crippen molar-refractivity contribution in [3.05, 3.63) is 97.6 Å². The third-order valence-corrected chi connectivity index (χ3v) is 5.67. The molecular weight excluding hydrogens is 485 g/mol. The summed E-state index contributed by atoms with van der Waals surface area (Å²) in [7, 11) is 1.52. The minimum atomic E-state index is -0.606. The van der Waals surface area contributed by atoms with Crippen LogP contribution in [0.15, 0.2) is 65.3 Å². The number of rotatable bonds is 6. The van der Waals surface area contributed by atoms with Crippen molar-refractivity contribution in [1.82, 2.24) is 0 Å². The molecule has 1 aliphatic rings. The van der Waals surface area contributed by atoms with E-state index in [4.69, 9.17) is 49.0 Å². The summed E-state index contributed by atoms with van der Waals surface area (Å²) in [5.41, 5.74) is 3.33. The van der Waals surface area contributed by atoms with Crippen LogP contribution in [0.3, 0.4) is 0 Å². The lowest BCUT2D eigenvalue weighted by molar-refractivity contribution is -0.129. The molecule has 0 atom stereocenters. The summed E-state index contributed by atoms with van der Waals surface area (Å²) in [6, 6.07) is 16.2. The standard InChI is InChI=1S/C25H18Cl3NO4/c1-14-3-5-15(6-4-14)13-32-23-20(28)9-16(11-22(23)31-2)10-21-25(30)33-24(29-21)18-8-7-17(26)12-19(18)27/h3-12H,13H2,1-2H3/b21-10-. The minimum absolute atomic E-state index is 0.0995. The minimum Gasteiger partial charge on any atom is -0.493 e. The lowest BCUT2D eigenvalue weighted by Crippen LogP contribution is -2.05. The number of benzene rings is 3. The molecule has 0 bridgehead atoms. The first-order valence-corrected chi connectivity index (χ1v) is 11.0. The molecule has 8 heteroatoms. The van der Waals surface area contributed by atoms with Crippen molar-refractivity contribution >= 4 is 52.7 Å². The molecule has 0 fully saturated rings. The number of hydrogen-bond acceptors (Lipinski definition) is 5. The number of nitrogens with zero attached hydrogens (tertiary/aromatic N) is 1. The molecule has 0 aromatic heterocycles. The number of esters is 1. The van der Waals surface area contributed by atoms with Crippen LogP contribution in [0.1, 0.15) is 22.3 Å². The molecule has 0 radical (unpaired) electrons. The van der Waals surface area contributed by atoms with Gasteiger partial charge in [-0.15, -0.1) is 0 Å². The Morgan fingerprint density at radius 2 is 1.76 bits per heavy atom. The van der Waals surface area contributed by atoms with Gasteiger partial charge in [0, 0.05) is 5.02 Å². The topological polar surface area (TPSA) is 57.1 Å². The number of carbonyl (C=O) groups excluding carboxylic acids is 1. The maximum absolute atomic E-state index is 12.4. The first kappa shape index (κ1) is 23.2. The molecule has 1 heterocycles. The van der Waals surface area contributed by atoms with E-state index >= 15 is 0 Å². The van der Waals surface area contributed by atoms with Crippen LogP contribution in [-0.2, 0) is 16.1 Å². The average molecular weight is 503 g/mol. The van der Waals surface area contributed by atoms with Crippen molar-refractivity contribution in [1.29, 1.82) is 0 Å². The van der Waals surface area contributed by atoms with Gasteiger partial charge >= 0.3 is 5.97 Å². The summed E-state index contributed by atoms with van der Waals surface area (Å²) in [5.74, 6) is 0.334. The highest BCUT2D eigenvalue weighted by molar-refractivity contribution is 6.37. The normalized spacial score (nSPS) is 14.3. The summed E-state index contributed by atoms with van der Waals surface area (Å²) in [4.78, 5) is 16.6. The Morgan fingerprint density at radius 3 is 2.45 bits per heavy atom. The fraction of sp³-hybridized carbons (Fsp3) is 0.120. The van der Waals surface area contributed by atoms with E-state index in [1.54, 1.807) is 36.4 Å². The highest BCUT2D eigenvalue weighted by atomic mass is 35.5. The molecule has 0 aliphatic carbocycles. The Labute approximate surface area is 206 Å². The molecule has 0 spiro atoms. The van der Waals surface area contributed by atoms with Crippen molar-refractivity contribution in [3.63, 3.8) is 0 Å². The fourth-order valence-corrected chi connectivity index (χ4v) is 3.91. The molecule has 5 nitrogen and oxygen atoms in total. The quantitative estimate of drug-likeness (QED) is 0.272. The van der Waals surface area contributed by atoms with Gasteiger partial charge in [-0.1, -0.05) is 64.6 Å². The molecule has 1 aliphatic heterocycles. The highest BCUT2D eigenvalue weighted by Crippen LogP contribution is 2.38. The monoisotopic (exact) mass is 501 g/mol. The van der Waals surface area contributed by atoms with Gasteiger partial charge in [-0.3, -0.25) is 0 Å². The number of carbonyl (C=O) groups is 1. The first-order chi connectivity index (χ1) is 15.8. The molecule has 33 heavy (non-hydrogen) atoms. The van der Waals surface area contributed by atoms with Gasteiger partial charge in [-0.2, -0.15) is 0 Å². The van der Waals surface area contributed by atoms with Crippen LogP contribution in [0.2, 0.25) is 15.1 Å². The van der Waals surface area contributed by atoms with E-state index in [1.807, 2.05) is 31.2 Å². The Balaban J connectivity index is 1.60. The zero-order valence-electron chi connectivity index (χ0n) is 17.7. The second-order valence-electron chi connectivity index (χ2n) is 7.27. The molecule has 0 unspecified atom stereocenters. The zero-order valence-corrected chi connectivity index (χ0v) is 20.0. The van der Waals surface area contributed by atoms with Crippen LogP contribution in [0.4, 0.5) is 0 Å². The van der Waals surface area contributed by atoms with Crippen LogP contribution in [-0.4, -0.2) is 19.0 Å². The number of aliphatic imine (C=N–C) groups is 1. The lowest BCUT2D eigenvalue weighted by atomic mass is 10.1. The van der Waals surface area contributed by atoms with Crippen LogP contribution < -0.4 is 9.47 Å². The fourth-order valence-electron chi connectivity index (χ4n) is 3.15. The van der Waals surface area contributed by atoms with Gasteiger partial charge in [0.15, 0.2) is 17.2 Å². The van der Waals surface area contributed by atoms with Crippen molar-refractivity contribution < 1.29 is 19.0 Å². The van der Waals surface area contributed by atoms with Crippen molar-refractivity contribution in [2.75, 3.05) is 7.11 Å².